The number of hydrogen-bond donors (Lipinski definition) is 0. The first-order valence-corrected chi connectivity index (χ1v) is 5.36. The lowest BCUT2D eigenvalue weighted by Crippen LogP contribution is -2.29. The van der Waals surface area contributed by atoms with Gasteiger partial charge < -0.3 is 0 Å². The molecule has 1 rings (SSSR count). The topological polar surface area (TPSA) is 0 Å². The summed E-state index contributed by atoms with van der Waals surface area (Å²) in [6.45, 7) is 9.10. The van der Waals surface area contributed by atoms with Gasteiger partial charge in [-0.2, -0.15) is 0 Å². The zero-order valence-electron chi connectivity index (χ0n) is 8.47. The number of halogens is 1. The molecule has 0 aromatic carbocycles. The molecule has 0 heterocycles. The molecule has 0 fully saturated rings. The van der Waals surface area contributed by atoms with E-state index in [0.29, 0.717) is 5.92 Å². The highest BCUT2D eigenvalue weighted by Crippen LogP contribution is 2.37. The molecule has 0 bridgehead atoms. The Morgan fingerprint density at radius 1 is 1.25 bits per heavy atom. The fourth-order valence-electron chi connectivity index (χ4n) is 2.03. The molecule has 70 valence electrons. The minimum Gasteiger partial charge on any atom is -0.118 e. The fraction of sp³-hybridized carbons (Fsp3) is 0.818. The molecular weight excluding hydrogens is 168 g/mol. The molecule has 1 aliphatic carbocycles. The van der Waals surface area contributed by atoms with E-state index in [0.717, 1.165) is 18.3 Å². The summed E-state index contributed by atoms with van der Waals surface area (Å²) in [5.74, 6) is 2.07. The molecule has 12 heavy (non-hydrogen) atoms. The number of allylic oxidation sites excluding steroid dienone is 2. The van der Waals surface area contributed by atoms with Crippen LogP contribution in [0.4, 0.5) is 0 Å². The summed E-state index contributed by atoms with van der Waals surface area (Å²) in [7, 11) is 0. The average molecular weight is 187 g/mol. The molecule has 0 spiro atoms. The van der Waals surface area contributed by atoms with E-state index in [2.05, 4.69) is 33.8 Å². The summed E-state index contributed by atoms with van der Waals surface area (Å²) in [4.78, 5) is 0. The Morgan fingerprint density at radius 3 is 2.33 bits per heavy atom. The highest BCUT2D eigenvalue weighted by Gasteiger charge is 2.30. The van der Waals surface area contributed by atoms with Gasteiger partial charge in [0.25, 0.3) is 0 Å². The van der Waals surface area contributed by atoms with Crippen LogP contribution in [-0.2, 0) is 0 Å². The van der Waals surface area contributed by atoms with Crippen molar-refractivity contribution >= 4 is 11.6 Å². The molecule has 0 saturated carbocycles. The van der Waals surface area contributed by atoms with Gasteiger partial charge in [0.05, 0.1) is 5.38 Å². The molecule has 0 aliphatic heterocycles. The molecule has 0 N–H and O–H groups in total. The maximum atomic E-state index is 6.22. The van der Waals surface area contributed by atoms with Crippen LogP contribution < -0.4 is 0 Å². The largest absolute Gasteiger partial charge is 0.118 e. The van der Waals surface area contributed by atoms with E-state index in [1.807, 2.05) is 0 Å². The minimum atomic E-state index is 0.256. The van der Waals surface area contributed by atoms with E-state index in [1.165, 1.54) is 0 Å². The first-order chi connectivity index (χ1) is 5.57. The van der Waals surface area contributed by atoms with Gasteiger partial charge in [0.15, 0.2) is 0 Å². The molecule has 0 radical (unpaired) electrons. The smallest absolute Gasteiger partial charge is 0.0547 e. The highest BCUT2D eigenvalue weighted by atomic mass is 35.5. The van der Waals surface area contributed by atoms with Crippen LogP contribution in [-0.4, -0.2) is 5.38 Å². The molecule has 0 unspecified atom stereocenters. The SMILES string of the molecule is CCC1=C[C@@H](Cl)[C@H](C)[C@@H](C)[C@@H]1C. The summed E-state index contributed by atoms with van der Waals surface area (Å²) in [6, 6.07) is 0. The van der Waals surface area contributed by atoms with Gasteiger partial charge in [0.1, 0.15) is 0 Å². The standard InChI is InChI=1S/C11H19Cl/c1-5-10-6-11(12)9(4)7(2)8(10)3/h6-9,11H,5H2,1-4H3/t7-,8-,9+,11+/m0/s1. The van der Waals surface area contributed by atoms with Crippen molar-refractivity contribution in [1.82, 2.24) is 0 Å². The van der Waals surface area contributed by atoms with Gasteiger partial charge in [-0.1, -0.05) is 39.3 Å². The fourth-order valence-corrected chi connectivity index (χ4v) is 2.42. The van der Waals surface area contributed by atoms with E-state index in [1.54, 1.807) is 5.57 Å². The first-order valence-electron chi connectivity index (χ1n) is 4.92. The van der Waals surface area contributed by atoms with Gasteiger partial charge in [-0.05, 0) is 24.2 Å². The van der Waals surface area contributed by atoms with Crippen LogP contribution in [0.15, 0.2) is 11.6 Å². The van der Waals surface area contributed by atoms with Gasteiger partial charge in [-0.15, -0.1) is 11.6 Å². The van der Waals surface area contributed by atoms with Crippen molar-refractivity contribution < 1.29 is 0 Å². The van der Waals surface area contributed by atoms with Crippen LogP contribution in [0.25, 0.3) is 0 Å². The van der Waals surface area contributed by atoms with Gasteiger partial charge in [0.2, 0.25) is 0 Å². The van der Waals surface area contributed by atoms with E-state index >= 15 is 0 Å². The predicted molar refractivity (Wildman–Crippen MR) is 55.5 cm³/mol. The Bertz CT molecular complexity index is 183. The zero-order valence-corrected chi connectivity index (χ0v) is 9.23. The number of hydrogen-bond acceptors (Lipinski definition) is 0. The monoisotopic (exact) mass is 186 g/mol. The second kappa shape index (κ2) is 3.83. The molecule has 1 heteroatoms. The van der Waals surface area contributed by atoms with Crippen LogP contribution in [0, 0.1) is 17.8 Å². The van der Waals surface area contributed by atoms with Crippen molar-refractivity contribution in [2.75, 3.05) is 0 Å². The van der Waals surface area contributed by atoms with Crippen molar-refractivity contribution in [3.8, 4) is 0 Å². The summed E-state index contributed by atoms with van der Waals surface area (Å²) < 4.78 is 0. The third kappa shape index (κ3) is 1.69. The van der Waals surface area contributed by atoms with Crippen molar-refractivity contribution in [3.05, 3.63) is 11.6 Å². The lowest BCUT2D eigenvalue weighted by atomic mass is 9.73. The quantitative estimate of drug-likeness (QED) is 0.431. The van der Waals surface area contributed by atoms with E-state index in [9.17, 15) is 0 Å². The van der Waals surface area contributed by atoms with E-state index in [4.69, 9.17) is 11.6 Å². The van der Waals surface area contributed by atoms with Gasteiger partial charge >= 0.3 is 0 Å². The van der Waals surface area contributed by atoms with Crippen molar-refractivity contribution in [2.24, 2.45) is 17.8 Å². The normalized spacial score (nSPS) is 42.6. The Balaban J connectivity index is 2.84. The lowest BCUT2D eigenvalue weighted by molar-refractivity contribution is 0.291. The van der Waals surface area contributed by atoms with Gasteiger partial charge in [-0.25, -0.2) is 0 Å². The Morgan fingerprint density at radius 2 is 1.83 bits per heavy atom. The number of rotatable bonds is 1. The molecule has 0 nitrogen and oxygen atoms in total. The van der Waals surface area contributed by atoms with Crippen molar-refractivity contribution in [1.29, 1.82) is 0 Å². The maximum absolute atomic E-state index is 6.22. The van der Waals surface area contributed by atoms with Crippen LogP contribution in [0.2, 0.25) is 0 Å². The predicted octanol–water partition coefficient (Wildman–Crippen LogP) is 3.85. The van der Waals surface area contributed by atoms with E-state index < -0.39 is 0 Å². The highest BCUT2D eigenvalue weighted by molar-refractivity contribution is 6.22. The van der Waals surface area contributed by atoms with Crippen LogP contribution >= 0.6 is 11.6 Å². The Hall–Kier alpha value is 0.0300. The van der Waals surface area contributed by atoms with Gasteiger partial charge in [0, 0.05) is 0 Å². The Labute approximate surface area is 81.0 Å². The zero-order chi connectivity index (χ0) is 9.30. The molecule has 0 aromatic rings. The second-order valence-electron chi connectivity index (χ2n) is 4.05. The van der Waals surface area contributed by atoms with Crippen LogP contribution in [0.3, 0.4) is 0 Å². The molecular formula is C11H19Cl. The first kappa shape index (κ1) is 10.1. The second-order valence-corrected chi connectivity index (χ2v) is 4.55. The summed E-state index contributed by atoms with van der Waals surface area (Å²) in [6.07, 6.45) is 3.42. The molecule has 4 atom stereocenters. The minimum absolute atomic E-state index is 0.256. The van der Waals surface area contributed by atoms with Crippen molar-refractivity contribution in [3.63, 3.8) is 0 Å². The summed E-state index contributed by atoms with van der Waals surface area (Å²) in [5.41, 5.74) is 1.54. The Kier molecular flexibility index (Phi) is 3.22. The molecule has 1 aliphatic rings. The lowest BCUT2D eigenvalue weighted by Gasteiger charge is -2.35. The molecule has 0 saturated heterocycles. The third-order valence-corrected chi connectivity index (χ3v) is 4.01. The van der Waals surface area contributed by atoms with Crippen molar-refractivity contribution in [2.45, 2.75) is 39.5 Å². The third-order valence-electron chi connectivity index (χ3n) is 3.49. The summed E-state index contributed by atoms with van der Waals surface area (Å²) >= 11 is 6.22. The molecule has 0 amide bonds. The molecule has 0 aromatic heterocycles. The number of alkyl halides is 1. The summed E-state index contributed by atoms with van der Waals surface area (Å²) in [5, 5.41) is 0.256. The average Bonchev–Trinajstić information content (AvgIpc) is 2.08. The van der Waals surface area contributed by atoms with Gasteiger partial charge in [-0.3, -0.25) is 0 Å². The van der Waals surface area contributed by atoms with Crippen LogP contribution in [0.5, 0.6) is 0 Å². The van der Waals surface area contributed by atoms with E-state index in [-0.39, 0.29) is 5.38 Å². The van der Waals surface area contributed by atoms with Crippen LogP contribution in [0.1, 0.15) is 34.1 Å². The maximum Gasteiger partial charge on any atom is 0.0547 e.